The molecule has 0 bridgehead atoms. The molecule has 0 unspecified atom stereocenters. The van der Waals surface area contributed by atoms with Gasteiger partial charge in [0.2, 0.25) is 0 Å². The van der Waals surface area contributed by atoms with Crippen LogP contribution in [-0.4, -0.2) is 4.57 Å². The maximum absolute atomic E-state index is 6.03. The van der Waals surface area contributed by atoms with Crippen LogP contribution in [0.4, 0.5) is 0 Å². The molecular formula is C9H7BrClN. The second-order valence-electron chi connectivity index (χ2n) is 2.72. The average Bonchev–Trinajstić information content (AvgIpc) is 2.42. The predicted octanol–water partition coefficient (Wildman–Crippen LogP) is 3.59. The fourth-order valence-corrected chi connectivity index (χ4v) is 2.08. The molecule has 0 aliphatic carbocycles. The van der Waals surface area contributed by atoms with Gasteiger partial charge in [-0.2, -0.15) is 0 Å². The first-order valence-corrected chi connectivity index (χ1v) is 4.76. The van der Waals surface area contributed by atoms with Crippen molar-refractivity contribution < 1.29 is 0 Å². The Morgan fingerprint density at radius 2 is 2.08 bits per heavy atom. The number of aromatic nitrogens is 1. The van der Waals surface area contributed by atoms with Crippen molar-refractivity contribution in [2.24, 2.45) is 7.05 Å². The lowest BCUT2D eigenvalue weighted by Crippen LogP contribution is -1.84. The third-order valence-corrected chi connectivity index (χ3v) is 2.93. The lowest BCUT2D eigenvalue weighted by Gasteiger charge is -2.00. The molecule has 0 saturated heterocycles. The van der Waals surface area contributed by atoms with Crippen molar-refractivity contribution in [1.82, 2.24) is 4.57 Å². The van der Waals surface area contributed by atoms with Crippen LogP contribution >= 0.6 is 27.5 Å². The van der Waals surface area contributed by atoms with Crippen LogP contribution in [0.5, 0.6) is 0 Å². The minimum absolute atomic E-state index is 0.792. The molecule has 0 amide bonds. The third-order valence-electron chi connectivity index (χ3n) is 1.93. The summed E-state index contributed by atoms with van der Waals surface area (Å²) in [6.07, 6.45) is 2.00. The van der Waals surface area contributed by atoms with Gasteiger partial charge in [-0.25, -0.2) is 0 Å². The summed E-state index contributed by atoms with van der Waals surface area (Å²) in [5.74, 6) is 0. The number of halogens is 2. The molecule has 0 N–H and O–H groups in total. The Balaban J connectivity index is 2.98. The van der Waals surface area contributed by atoms with E-state index in [9.17, 15) is 0 Å². The van der Waals surface area contributed by atoms with Crippen LogP contribution in [0.3, 0.4) is 0 Å². The van der Waals surface area contributed by atoms with E-state index < -0.39 is 0 Å². The van der Waals surface area contributed by atoms with E-state index in [1.165, 1.54) is 0 Å². The highest BCUT2D eigenvalue weighted by Gasteiger charge is 2.04. The van der Waals surface area contributed by atoms with Crippen molar-refractivity contribution in [2.75, 3.05) is 0 Å². The van der Waals surface area contributed by atoms with Gasteiger partial charge in [-0.3, -0.25) is 0 Å². The van der Waals surface area contributed by atoms with Gasteiger partial charge in [-0.05, 0) is 18.2 Å². The maximum atomic E-state index is 6.03. The number of fused-ring (bicyclic) bond motifs is 1. The molecule has 62 valence electrons. The Kier molecular flexibility index (Phi) is 1.89. The second kappa shape index (κ2) is 2.79. The van der Waals surface area contributed by atoms with Crippen molar-refractivity contribution in [2.45, 2.75) is 0 Å². The van der Waals surface area contributed by atoms with Crippen LogP contribution in [0.15, 0.2) is 28.9 Å². The number of nitrogens with zero attached hydrogens (tertiary/aromatic N) is 1. The molecule has 12 heavy (non-hydrogen) atoms. The van der Waals surface area contributed by atoms with E-state index in [0.29, 0.717) is 0 Å². The number of aryl methyl sites for hydroxylation is 1. The molecule has 0 radical (unpaired) electrons. The zero-order chi connectivity index (χ0) is 8.72. The van der Waals surface area contributed by atoms with Crippen molar-refractivity contribution >= 4 is 38.4 Å². The fraction of sp³-hybridized carbons (Fsp3) is 0.111. The van der Waals surface area contributed by atoms with Crippen molar-refractivity contribution in [3.05, 3.63) is 33.9 Å². The zero-order valence-corrected chi connectivity index (χ0v) is 8.85. The van der Waals surface area contributed by atoms with Gasteiger partial charge in [0.25, 0.3) is 0 Å². The van der Waals surface area contributed by atoms with Crippen molar-refractivity contribution in [3.63, 3.8) is 0 Å². The van der Waals surface area contributed by atoms with Crippen molar-refractivity contribution in [3.8, 4) is 0 Å². The Morgan fingerprint density at radius 1 is 1.33 bits per heavy atom. The molecule has 3 heteroatoms. The van der Waals surface area contributed by atoms with E-state index in [4.69, 9.17) is 11.6 Å². The quantitative estimate of drug-likeness (QED) is 0.667. The normalized spacial score (nSPS) is 10.9. The number of hydrogen-bond acceptors (Lipinski definition) is 0. The summed E-state index contributed by atoms with van der Waals surface area (Å²) < 4.78 is 3.10. The summed E-state index contributed by atoms with van der Waals surface area (Å²) in [6, 6.07) is 5.91. The van der Waals surface area contributed by atoms with E-state index >= 15 is 0 Å². The van der Waals surface area contributed by atoms with Crippen LogP contribution in [0.25, 0.3) is 10.9 Å². The summed E-state index contributed by atoms with van der Waals surface area (Å²) >= 11 is 9.51. The summed E-state index contributed by atoms with van der Waals surface area (Å²) in [4.78, 5) is 0. The van der Waals surface area contributed by atoms with Gasteiger partial charge in [0, 0.05) is 23.1 Å². The van der Waals surface area contributed by atoms with Crippen LogP contribution in [0.1, 0.15) is 0 Å². The molecule has 1 nitrogen and oxygen atoms in total. The van der Waals surface area contributed by atoms with Gasteiger partial charge in [0.05, 0.1) is 10.5 Å². The van der Waals surface area contributed by atoms with E-state index in [0.717, 1.165) is 20.4 Å². The third kappa shape index (κ3) is 1.06. The van der Waals surface area contributed by atoms with E-state index in [-0.39, 0.29) is 0 Å². The Labute approximate surface area is 84.1 Å². The van der Waals surface area contributed by atoms with Gasteiger partial charge in [-0.1, -0.05) is 27.5 Å². The largest absolute Gasteiger partial charge is 0.349 e. The summed E-state index contributed by atoms with van der Waals surface area (Å²) in [6.45, 7) is 0. The van der Waals surface area contributed by atoms with Crippen molar-refractivity contribution in [1.29, 1.82) is 0 Å². The average molecular weight is 245 g/mol. The molecule has 1 aromatic heterocycles. The molecule has 1 heterocycles. The van der Waals surface area contributed by atoms with Gasteiger partial charge >= 0.3 is 0 Å². The smallest absolute Gasteiger partial charge is 0.0678 e. The first kappa shape index (κ1) is 8.14. The summed E-state index contributed by atoms with van der Waals surface area (Å²) in [7, 11) is 1.99. The lowest BCUT2D eigenvalue weighted by atomic mass is 10.2. The predicted molar refractivity (Wildman–Crippen MR) is 55.6 cm³/mol. The Morgan fingerprint density at radius 3 is 2.75 bits per heavy atom. The second-order valence-corrected chi connectivity index (χ2v) is 3.98. The van der Waals surface area contributed by atoms with Crippen LogP contribution in [0, 0.1) is 0 Å². The Bertz CT molecular complexity index is 433. The molecule has 0 spiro atoms. The van der Waals surface area contributed by atoms with Gasteiger partial charge in [0.15, 0.2) is 0 Å². The molecule has 2 aromatic rings. The molecule has 0 aliphatic rings. The highest BCUT2D eigenvalue weighted by Crippen LogP contribution is 2.29. The van der Waals surface area contributed by atoms with Crippen LogP contribution in [0.2, 0.25) is 5.02 Å². The topological polar surface area (TPSA) is 4.93 Å². The molecular weight excluding hydrogens is 237 g/mol. The van der Waals surface area contributed by atoms with E-state index in [1.807, 2.05) is 36.0 Å². The van der Waals surface area contributed by atoms with Gasteiger partial charge in [-0.15, -0.1) is 0 Å². The molecule has 0 aliphatic heterocycles. The molecule has 0 fully saturated rings. The number of rotatable bonds is 0. The van der Waals surface area contributed by atoms with Gasteiger partial charge in [0.1, 0.15) is 0 Å². The lowest BCUT2D eigenvalue weighted by molar-refractivity contribution is 0.969. The zero-order valence-electron chi connectivity index (χ0n) is 6.51. The minimum atomic E-state index is 0.792. The van der Waals surface area contributed by atoms with E-state index in [1.54, 1.807) is 0 Å². The standard InChI is InChI=1S/C9H7BrClN/c1-12-5-4-6-7(10)2-3-8(11)9(6)12/h2-5H,1H3. The molecule has 0 saturated carbocycles. The number of hydrogen-bond donors (Lipinski definition) is 0. The summed E-state index contributed by atoms with van der Waals surface area (Å²) in [5.41, 5.74) is 1.08. The fourth-order valence-electron chi connectivity index (χ4n) is 1.33. The highest BCUT2D eigenvalue weighted by molar-refractivity contribution is 9.10. The van der Waals surface area contributed by atoms with E-state index in [2.05, 4.69) is 15.9 Å². The minimum Gasteiger partial charge on any atom is -0.349 e. The highest BCUT2D eigenvalue weighted by atomic mass is 79.9. The molecule has 0 atom stereocenters. The van der Waals surface area contributed by atoms with Gasteiger partial charge < -0.3 is 4.57 Å². The first-order valence-electron chi connectivity index (χ1n) is 3.59. The first-order chi connectivity index (χ1) is 5.70. The van der Waals surface area contributed by atoms with Crippen LogP contribution < -0.4 is 0 Å². The van der Waals surface area contributed by atoms with Crippen LogP contribution in [-0.2, 0) is 7.05 Å². The Hall–Kier alpha value is -0.470. The summed E-state index contributed by atoms with van der Waals surface area (Å²) in [5, 5.41) is 1.95. The monoisotopic (exact) mass is 243 g/mol. The molecule has 1 aromatic carbocycles. The maximum Gasteiger partial charge on any atom is 0.0678 e. The molecule has 2 rings (SSSR count). The number of benzene rings is 1. The SMILES string of the molecule is Cn1ccc2c(Br)ccc(Cl)c21.